The first kappa shape index (κ1) is 17.9. The molecule has 1 aliphatic carbocycles. The van der Waals surface area contributed by atoms with Gasteiger partial charge < -0.3 is 9.88 Å². The quantitative estimate of drug-likeness (QED) is 0.744. The van der Waals surface area contributed by atoms with Gasteiger partial charge in [0.15, 0.2) is 0 Å². The van der Waals surface area contributed by atoms with Crippen molar-refractivity contribution in [1.29, 1.82) is 0 Å². The minimum atomic E-state index is -0.312. The number of pyridine rings is 1. The van der Waals surface area contributed by atoms with Crippen LogP contribution in [-0.2, 0) is 11.3 Å². The van der Waals surface area contributed by atoms with Crippen LogP contribution in [-0.4, -0.2) is 16.4 Å². The number of nitrogens with one attached hydrogen (secondary N) is 1. The molecule has 2 aromatic carbocycles. The fraction of sp³-hybridized carbons (Fsp3) is 0.174. The molecule has 1 saturated carbocycles. The van der Waals surface area contributed by atoms with Crippen LogP contribution in [0, 0.1) is 5.92 Å². The molecule has 0 atom stereocenters. The minimum absolute atomic E-state index is 0.0509. The first-order valence-corrected chi connectivity index (χ1v) is 9.38. The highest BCUT2D eigenvalue weighted by Crippen LogP contribution is 2.30. The van der Waals surface area contributed by atoms with Gasteiger partial charge in [-0.1, -0.05) is 36.4 Å². The third kappa shape index (κ3) is 4.43. The van der Waals surface area contributed by atoms with E-state index in [1.54, 1.807) is 24.3 Å². The van der Waals surface area contributed by atoms with Gasteiger partial charge in [0, 0.05) is 29.9 Å². The lowest BCUT2D eigenvalue weighted by Crippen LogP contribution is -2.22. The fourth-order valence-electron chi connectivity index (χ4n) is 2.94. The number of amides is 2. The van der Waals surface area contributed by atoms with Crippen LogP contribution in [0.1, 0.15) is 28.8 Å². The van der Waals surface area contributed by atoms with Crippen molar-refractivity contribution in [1.82, 2.24) is 4.57 Å². The van der Waals surface area contributed by atoms with E-state index in [0.29, 0.717) is 23.3 Å². The summed E-state index contributed by atoms with van der Waals surface area (Å²) in [5.41, 5.74) is 2.92. The van der Waals surface area contributed by atoms with E-state index < -0.39 is 0 Å². The van der Waals surface area contributed by atoms with E-state index in [0.717, 1.165) is 18.4 Å². The monoisotopic (exact) mass is 371 g/mol. The minimum Gasteiger partial charge on any atom is -0.328 e. The molecule has 3 aromatic rings. The molecule has 0 radical (unpaired) electrons. The largest absolute Gasteiger partial charge is 0.328 e. The second-order valence-electron chi connectivity index (χ2n) is 6.93. The van der Waals surface area contributed by atoms with Gasteiger partial charge in [0.2, 0.25) is 5.91 Å². The van der Waals surface area contributed by atoms with E-state index >= 15 is 0 Å². The lowest BCUT2D eigenvalue weighted by Gasteiger charge is -2.07. The Labute approximate surface area is 163 Å². The van der Waals surface area contributed by atoms with Gasteiger partial charge in [0.1, 0.15) is 5.49 Å². The summed E-state index contributed by atoms with van der Waals surface area (Å²) in [6.07, 6.45) is 3.83. The van der Waals surface area contributed by atoms with Crippen molar-refractivity contribution < 1.29 is 9.59 Å². The average molecular weight is 371 g/mol. The van der Waals surface area contributed by atoms with Crippen LogP contribution < -0.4 is 10.8 Å². The van der Waals surface area contributed by atoms with Gasteiger partial charge in [-0.15, -0.1) is 0 Å². The van der Waals surface area contributed by atoms with Gasteiger partial charge >= 0.3 is 0 Å². The highest BCUT2D eigenvalue weighted by Gasteiger charge is 2.29. The molecule has 0 unspecified atom stereocenters. The highest BCUT2D eigenvalue weighted by molar-refractivity contribution is 5.97. The molecule has 140 valence electrons. The van der Waals surface area contributed by atoms with Crippen molar-refractivity contribution in [3.63, 3.8) is 0 Å². The normalized spacial score (nSPS) is 13.9. The second-order valence-corrected chi connectivity index (χ2v) is 6.93. The Morgan fingerprint density at radius 3 is 2.36 bits per heavy atom. The topological polar surface area (TPSA) is 63.5 Å². The molecule has 1 aliphatic rings. The Balaban J connectivity index is 1.52. The van der Waals surface area contributed by atoms with Crippen LogP contribution in [0.15, 0.2) is 84.0 Å². The summed E-state index contributed by atoms with van der Waals surface area (Å²) >= 11 is 0. The Morgan fingerprint density at radius 1 is 0.929 bits per heavy atom. The molecule has 28 heavy (non-hydrogen) atoms. The van der Waals surface area contributed by atoms with E-state index in [4.69, 9.17) is 0 Å². The lowest BCUT2D eigenvalue weighted by atomic mass is 10.2. The van der Waals surface area contributed by atoms with E-state index in [-0.39, 0.29) is 17.7 Å². The number of carbonyl (C=O) groups excluding carboxylic acids is 2. The number of hydrogen-bond donors (Lipinski definition) is 1. The van der Waals surface area contributed by atoms with Crippen molar-refractivity contribution in [2.45, 2.75) is 19.4 Å². The number of benzene rings is 2. The summed E-state index contributed by atoms with van der Waals surface area (Å²) in [5.74, 6) is -0.113. The predicted octanol–water partition coefficient (Wildman–Crippen LogP) is 3.63. The van der Waals surface area contributed by atoms with Crippen molar-refractivity contribution in [2.75, 3.05) is 5.32 Å². The van der Waals surface area contributed by atoms with Crippen LogP contribution >= 0.6 is 0 Å². The maximum atomic E-state index is 12.6. The molecule has 1 aromatic heterocycles. The van der Waals surface area contributed by atoms with Crippen LogP contribution in [0.3, 0.4) is 0 Å². The van der Waals surface area contributed by atoms with E-state index in [9.17, 15) is 9.59 Å². The summed E-state index contributed by atoms with van der Waals surface area (Å²) < 4.78 is 1.94. The van der Waals surface area contributed by atoms with Crippen molar-refractivity contribution >= 4 is 17.5 Å². The molecule has 5 nitrogen and oxygen atoms in total. The second kappa shape index (κ2) is 8.05. The SMILES string of the molecule is O=C(N=c1ccccn1Cc1ccccc1)c1ccc(NC(=O)C2CC2)cc1. The Morgan fingerprint density at radius 2 is 1.64 bits per heavy atom. The lowest BCUT2D eigenvalue weighted by molar-refractivity contribution is -0.117. The molecule has 5 heteroatoms. The number of hydrogen-bond acceptors (Lipinski definition) is 2. The molecule has 2 amide bonds. The van der Waals surface area contributed by atoms with Gasteiger partial charge in [-0.2, -0.15) is 4.99 Å². The average Bonchev–Trinajstić information content (AvgIpc) is 3.56. The van der Waals surface area contributed by atoms with Gasteiger partial charge in [-0.05, 0) is 54.8 Å². The van der Waals surface area contributed by atoms with Gasteiger partial charge in [-0.3, -0.25) is 9.59 Å². The van der Waals surface area contributed by atoms with Crippen LogP contribution in [0.25, 0.3) is 0 Å². The van der Waals surface area contributed by atoms with Crippen molar-refractivity contribution in [3.8, 4) is 0 Å². The number of anilines is 1. The Bertz CT molecular complexity index is 1050. The number of rotatable bonds is 5. The number of aromatic nitrogens is 1. The van der Waals surface area contributed by atoms with Crippen molar-refractivity contribution in [3.05, 3.63) is 95.6 Å². The van der Waals surface area contributed by atoms with Crippen molar-refractivity contribution in [2.24, 2.45) is 10.9 Å². The van der Waals surface area contributed by atoms with E-state index in [2.05, 4.69) is 10.3 Å². The van der Waals surface area contributed by atoms with Crippen LogP contribution in [0.4, 0.5) is 5.69 Å². The smallest absolute Gasteiger partial charge is 0.278 e. The molecule has 4 rings (SSSR count). The maximum Gasteiger partial charge on any atom is 0.278 e. The van der Waals surface area contributed by atoms with Gasteiger partial charge in [0.05, 0.1) is 0 Å². The third-order valence-corrected chi connectivity index (χ3v) is 4.68. The first-order valence-electron chi connectivity index (χ1n) is 9.38. The summed E-state index contributed by atoms with van der Waals surface area (Å²) in [5, 5.41) is 2.87. The van der Waals surface area contributed by atoms with Crippen LogP contribution in [0.2, 0.25) is 0 Å². The van der Waals surface area contributed by atoms with Gasteiger partial charge in [0.25, 0.3) is 5.91 Å². The Kier molecular flexibility index (Phi) is 5.15. The first-order chi connectivity index (χ1) is 13.7. The molecule has 1 heterocycles. The highest BCUT2D eigenvalue weighted by atomic mass is 16.2. The molecule has 0 bridgehead atoms. The maximum absolute atomic E-state index is 12.6. The summed E-state index contributed by atoms with van der Waals surface area (Å²) in [4.78, 5) is 28.7. The van der Waals surface area contributed by atoms with E-state index in [1.807, 2.05) is 59.3 Å². The zero-order chi connectivity index (χ0) is 19.3. The van der Waals surface area contributed by atoms with Crippen LogP contribution in [0.5, 0.6) is 0 Å². The molecular formula is C23H21N3O2. The molecule has 1 N–H and O–H groups in total. The zero-order valence-electron chi connectivity index (χ0n) is 15.4. The number of carbonyl (C=O) groups is 2. The molecule has 0 saturated heterocycles. The summed E-state index contributed by atoms with van der Waals surface area (Å²) in [7, 11) is 0. The summed E-state index contributed by atoms with van der Waals surface area (Å²) in [6.45, 7) is 0.639. The molecule has 0 aliphatic heterocycles. The third-order valence-electron chi connectivity index (χ3n) is 4.68. The standard InChI is InChI=1S/C23H21N3O2/c27-22(18-9-10-18)24-20-13-11-19(12-14-20)23(28)25-21-8-4-5-15-26(21)16-17-6-2-1-3-7-17/h1-8,11-15,18H,9-10,16H2,(H,24,27). The number of nitrogens with zero attached hydrogens (tertiary/aromatic N) is 2. The molecular weight excluding hydrogens is 350 g/mol. The van der Waals surface area contributed by atoms with Gasteiger partial charge in [-0.25, -0.2) is 0 Å². The van der Waals surface area contributed by atoms with E-state index in [1.165, 1.54) is 0 Å². The Hall–Kier alpha value is -3.47. The molecule has 1 fully saturated rings. The summed E-state index contributed by atoms with van der Waals surface area (Å²) in [6, 6.07) is 22.5. The zero-order valence-corrected chi connectivity index (χ0v) is 15.4. The predicted molar refractivity (Wildman–Crippen MR) is 108 cm³/mol. The fourth-order valence-corrected chi connectivity index (χ4v) is 2.94. The molecule has 0 spiro atoms.